The summed E-state index contributed by atoms with van der Waals surface area (Å²) in [7, 11) is -3.31. The Balaban J connectivity index is 3.00. The van der Waals surface area contributed by atoms with E-state index in [9.17, 15) is 13.2 Å². The van der Waals surface area contributed by atoms with Crippen molar-refractivity contribution in [3.63, 3.8) is 0 Å². The lowest BCUT2D eigenvalue weighted by molar-refractivity contribution is -0.114. The molecular formula is C9H13N3O3S. The van der Waals surface area contributed by atoms with E-state index in [1.54, 1.807) is 6.92 Å². The smallest absolute Gasteiger partial charge is 0.238 e. The molecule has 0 atom stereocenters. The Hall–Kier alpha value is -1.47. The van der Waals surface area contributed by atoms with Gasteiger partial charge in [-0.25, -0.2) is 8.42 Å². The van der Waals surface area contributed by atoms with E-state index in [4.69, 9.17) is 5.73 Å². The minimum atomic E-state index is -3.31. The number of sulfone groups is 1. The van der Waals surface area contributed by atoms with Crippen LogP contribution in [0.15, 0.2) is 23.4 Å². The first-order valence-corrected chi connectivity index (χ1v) is 6.32. The fourth-order valence-corrected chi connectivity index (χ4v) is 1.90. The Morgan fingerprint density at radius 3 is 2.75 bits per heavy atom. The molecule has 0 spiro atoms. The SMILES string of the molecule is CCS(=O)(=O)c1cncc(NC(=O)CN)c1. The van der Waals surface area contributed by atoms with Crippen molar-refractivity contribution in [1.82, 2.24) is 4.98 Å². The van der Waals surface area contributed by atoms with Gasteiger partial charge in [-0.15, -0.1) is 0 Å². The first-order chi connectivity index (χ1) is 7.49. The molecule has 0 aliphatic heterocycles. The van der Waals surface area contributed by atoms with Crippen LogP contribution in [0, 0.1) is 0 Å². The topological polar surface area (TPSA) is 102 Å². The molecule has 1 aromatic rings. The molecule has 0 fully saturated rings. The van der Waals surface area contributed by atoms with Crippen molar-refractivity contribution in [2.45, 2.75) is 11.8 Å². The van der Waals surface area contributed by atoms with Gasteiger partial charge in [0.2, 0.25) is 5.91 Å². The molecule has 6 nitrogen and oxygen atoms in total. The van der Waals surface area contributed by atoms with Crippen LogP contribution in [-0.2, 0) is 14.6 Å². The zero-order valence-electron chi connectivity index (χ0n) is 8.80. The van der Waals surface area contributed by atoms with Crippen LogP contribution in [-0.4, -0.2) is 31.6 Å². The highest BCUT2D eigenvalue weighted by Gasteiger charge is 2.12. The molecule has 0 aromatic carbocycles. The van der Waals surface area contributed by atoms with Gasteiger partial charge in [-0.2, -0.15) is 0 Å². The molecule has 0 aliphatic rings. The van der Waals surface area contributed by atoms with Crippen molar-refractivity contribution in [2.75, 3.05) is 17.6 Å². The summed E-state index contributed by atoms with van der Waals surface area (Å²) < 4.78 is 23.1. The molecule has 1 amide bonds. The maximum absolute atomic E-state index is 11.5. The van der Waals surface area contributed by atoms with Crippen molar-refractivity contribution < 1.29 is 13.2 Å². The average molecular weight is 243 g/mol. The monoisotopic (exact) mass is 243 g/mol. The summed E-state index contributed by atoms with van der Waals surface area (Å²) in [5, 5.41) is 2.44. The highest BCUT2D eigenvalue weighted by atomic mass is 32.2. The van der Waals surface area contributed by atoms with Crippen LogP contribution < -0.4 is 11.1 Å². The third-order valence-corrected chi connectivity index (χ3v) is 3.62. The number of amides is 1. The molecule has 0 radical (unpaired) electrons. The van der Waals surface area contributed by atoms with Gasteiger partial charge in [0, 0.05) is 6.20 Å². The van der Waals surface area contributed by atoms with Gasteiger partial charge in [-0.1, -0.05) is 6.92 Å². The van der Waals surface area contributed by atoms with Gasteiger partial charge in [0.15, 0.2) is 9.84 Å². The lowest BCUT2D eigenvalue weighted by Crippen LogP contribution is -2.22. The van der Waals surface area contributed by atoms with Gasteiger partial charge >= 0.3 is 0 Å². The third kappa shape index (κ3) is 3.01. The van der Waals surface area contributed by atoms with Gasteiger partial charge in [0.25, 0.3) is 0 Å². The van der Waals surface area contributed by atoms with Crippen LogP contribution >= 0.6 is 0 Å². The lowest BCUT2D eigenvalue weighted by Gasteiger charge is -2.05. The number of nitrogens with two attached hydrogens (primary N) is 1. The van der Waals surface area contributed by atoms with E-state index < -0.39 is 15.7 Å². The summed E-state index contributed by atoms with van der Waals surface area (Å²) in [6.45, 7) is 1.38. The Morgan fingerprint density at radius 1 is 1.50 bits per heavy atom. The number of pyridine rings is 1. The van der Waals surface area contributed by atoms with Gasteiger partial charge in [-0.3, -0.25) is 9.78 Å². The number of nitrogens with zero attached hydrogens (tertiary/aromatic N) is 1. The Kier molecular flexibility index (Phi) is 3.97. The minimum Gasteiger partial charge on any atom is -0.324 e. The number of carbonyl (C=O) groups is 1. The second kappa shape index (κ2) is 5.04. The van der Waals surface area contributed by atoms with Crippen LogP contribution in [0.5, 0.6) is 0 Å². The molecule has 0 unspecified atom stereocenters. The molecule has 1 heterocycles. The van der Waals surface area contributed by atoms with Gasteiger partial charge in [-0.05, 0) is 6.07 Å². The number of aromatic nitrogens is 1. The zero-order valence-corrected chi connectivity index (χ0v) is 9.62. The third-order valence-electron chi connectivity index (χ3n) is 1.92. The normalized spacial score (nSPS) is 11.1. The number of rotatable bonds is 4. The molecule has 7 heteroatoms. The molecule has 88 valence electrons. The first kappa shape index (κ1) is 12.6. The molecule has 16 heavy (non-hydrogen) atoms. The van der Waals surface area contributed by atoms with E-state index in [2.05, 4.69) is 10.3 Å². The Morgan fingerprint density at radius 2 is 2.19 bits per heavy atom. The van der Waals surface area contributed by atoms with Crippen LogP contribution in [0.1, 0.15) is 6.92 Å². The number of hydrogen-bond donors (Lipinski definition) is 2. The van der Waals surface area contributed by atoms with Crippen LogP contribution in [0.2, 0.25) is 0 Å². The van der Waals surface area contributed by atoms with Crippen molar-refractivity contribution in [1.29, 1.82) is 0 Å². The second-order valence-electron chi connectivity index (χ2n) is 3.07. The Bertz CT molecular complexity index is 485. The minimum absolute atomic E-state index is 0.0109. The van der Waals surface area contributed by atoms with Gasteiger partial charge in [0.1, 0.15) is 0 Å². The van der Waals surface area contributed by atoms with Crippen molar-refractivity contribution in [3.05, 3.63) is 18.5 Å². The standard InChI is InChI=1S/C9H13N3O3S/c1-2-16(14,15)8-3-7(5-11-6-8)12-9(13)4-10/h3,5-6H,2,4,10H2,1H3,(H,12,13). The lowest BCUT2D eigenvalue weighted by atomic mass is 10.4. The van der Waals surface area contributed by atoms with Crippen LogP contribution in [0.4, 0.5) is 5.69 Å². The molecule has 0 aliphatic carbocycles. The molecule has 0 saturated heterocycles. The number of hydrogen-bond acceptors (Lipinski definition) is 5. The fraction of sp³-hybridized carbons (Fsp3) is 0.333. The van der Waals surface area contributed by atoms with Crippen molar-refractivity contribution >= 4 is 21.4 Å². The first-order valence-electron chi connectivity index (χ1n) is 4.67. The van der Waals surface area contributed by atoms with E-state index in [1.165, 1.54) is 18.5 Å². The van der Waals surface area contributed by atoms with Gasteiger partial charge < -0.3 is 11.1 Å². The van der Waals surface area contributed by atoms with Crippen molar-refractivity contribution in [3.8, 4) is 0 Å². The van der Waals surface area contributed by atoms with Crippen molar-refractivity contribution in [2.24, 2.45) is 5.73 Å². The maximum atomic E-state index is 11.5. The van der Waals surface area contributed by atoms with E-state index in [1.807, 2.05) is 0 Å². The summed E-state index contributed by atoms with van der Waals surface area (Å²) in [5.74, 6) is -0.406. The largest absolute Gasteiger partial charge is 0.324 e. The van der Waals surface area contributed by atoms with E-state index in [0.29, 0.717) is 5.69 Å². The number of nitrogens with one attached hydrogen (secondary N) is 1. The number of anilines is 1. The molecule has 1 rings (SSSR count). The zero-order chi connectivity index (χ0) is 12.2. The van der Waals surface area contributed by atoms with Gasteiger partial charge in [0.05, 0.1) is 29.1 Å². The van der Waals surface area contributed by atoms with Crippen LogP contribution in [0.3, 0.4) is 0 Å². The summed E-state index contributed by atoms with van der Waals surface area (Å²) in [5.41, 5.74) is 5.44. The predicted molar refractivity (Wildman–Crippen MR) is 59.6 cm³/mol. The molecule has 0 bridgehead atoms. The fourth-order valence-electron chi connectivity index (χ4n) is 1.04. The van der Waals surface area contributed by atoms with E-state index in [-0.39, 0.29) is 17.2 Å². The predicted octanol–water partition coefficient (Wildman–Crippen LogP) is -0.228. The maximum Gasteiger partial charge on any atom is 0.238 e. The summed E-state index contributed by atoms with van der Waals surface area (Å²) >= 11 is 0. The van der Waals surface area contributed by atoms with E-state index in [0.717, 1.165) is 0 Å². The molecular weight excluding hydrogens is 230 g/mol. The molecule has 3 N–H and O–H groups in total. The second-order valence-corrected chi connectivity index (χ2v) is 5.34. The van der Waals surface area contributed by atoms with E-state index >= 15 is 0 Å². The Labute approximate surface area is 93.8 Å². The highest BCUT2D eigenvalue weighted by molar-refractivity contribution is 7.91. The van der Waals surface area contributed by atoms with Crippen LogP contribution in [0.25, 0.3) is 0 Å². The molecule has 0 saturated carbocycles. The quantitative estimate of drug-likeness (QED) is 0.760. The average Bonchev–Trinajstić information content (AvgIpc) is 2.29. The summed E-state index contributed by atoms with van der Waals surface area (Å²) in [6.07, 6.45) is 2.61. The number of carbonyl (C=O) groups excluding carboxylic acids is 1. The highest BCUT2D eigenvalue weighted by Crippen LogP contribution is 2.14. The summed E-state index contributed by atoms with van der Waals surface area (Å²) in [6, 6.07) is 1.36. The molecule has 1 aromatic heterocycles. The summed E-state index contributed by atoms with van der Waals surface area (Å²) in [4.78, 5) is 14.8.